The summed E-state index contributed by atoms with van der Waals surface area (Å²) in [6.07, 6.45) is 0. The quantitative estimate of drug-likeness (QED) is 0.286. The number of anilines is 1. The number of H-pyrrole nitrogens is 1. The number of carbonyl (C=O) groups excluding carboxylic acids is 3. The topological polar surface area (TPSA) is 118 Å². The van der Waals surface area contributed by atoms with Crippen molar-refractivity contribution in [1.82, 2.24) is 20.6 Å². The fourth-order valence-electron chi connectivity index (χ4n) is 4.40. The molecule has 2 atom stereocenters. The first-order chi connectivity index (χ1) is 17.5. The number of Topliss-reactive ketones (excluding diaryl/α,β-unsaturated/α-hetero) is 2. The van der Waals surface area contributed by atoms with Crippen molar-refractivity contribution in [3.05, 3.63) is 76.7 Å². The number of para-hydroxylation sites is 1. The molecule has 1 fully saturated rings. The molecule has 2 aromatic carbocycles. The highest BCUT2D eigenvalue weighted by Gasteiger charge is 2.53. The van der Waals surface area contributed by atoms with Gasteiger partial charge in [-0.25, -0.2) is 0 Å². The molecule has 0 bridgehead atoms. The Kier molecular flexibility index (Phi) is 6.43. The number of nitrogens with one attached hydrogen (secondary N) is 1. The summed E-state index contributed by atoms with van der Waals surface area (Å²) < 4.78 is 5.96. The lowest BCUT2D eigenvalue weighted by atomic mass is 9.84. The van der Waals surface area contributed by atoms with Gasteiger partial charge in [-0.05, 0) is 46.2 Å². The summed E-state index contributed by atoms with van der Waals surface area (Å²) >= 11 is 1.60. The Labute approximate surface area is 211 Å². The van der Waals surface area contributed by atoms with Gasteiger partial charge in [0.2, 0.25) is 11.6 Å². The number of aromatic nitrogens is 4. The van der Waals surface area contributed by atoms with Crippen molar-refractivity contribution in [3.63, 3.8) is 0 Å². The monoisotopic (exact) mass is 501 g/mol. The van der Waals surface area contributed by atoms with E-state index < -0.39 is 29.6 Å². The van der Waals surface area contributed by atoms with Gasteiger partial charge >= 0.3 is 0 Å². The summed E-state index contributed by atoms with van der Waals surface area (Å²) in [4.78, 5) is 41.3. The molecule has 1 saturated heterocycles. The Balaban J connectivity index is 1.57. The zero-order valence-electron chi connectivity index (χ0n) is 19.6. The van der Waals surface area contributed by atoms with Crippen LogP contribution >= 0.6 is 11.3 Å². The summed E-state index contributed by atoms with van der Waals surface area (Å²) in [5.74, 6) is -2.52. The Hall–Kier alpha value is -4.18. The van der Waals surface area contributed by atoms with Gasteiger partial charge < -0.3 is 4.74 Å². The van der Waals surface area contributed by atoms with E-state index in [9.17, 15) is 14.4 Å². The Morgan fingerprint density at radius 2 is 1.86 bits per heavy atom. The summed E-state index contributed by atoms with van der Waals surface area (Å²) in [7, 11) is 0. The number of rotatable bonds is 8. The normalized spacial score (nSPS) is 17.7. The number of ketones is 2. The number of nitrogens with zero attached hydrogens (tertiary/aromatic N) is 4. The molecule has 1 aliphatic rings. The SMILES string of the molecule is CC(C)C(=O)C1C(=O)C(=O)N(c2ccc(-c3ccsc3)cc2)C1c1ccccc1OCc1nn[nH]n1. The first-order valence-electron chi connectivity index (χ1n) is 11.4. The highest BCUT2D eigenvalue weighted by Crippen LogP contribution is 2.44. The van der Waals surface area contributed by atoms with Gasteiger partial charge in [0.05, 0.1) is 6.04 Å². The van der Waals surface area contributed by atoms with Crippen molar-refractivity contribution in [2.24, 2.45) is 11.8 Å². The van der Waals surface area contributed by atoms with E-state index in [2.05, 4.69) is 20.6 Å². The molecule has 2 unspecified atom stereocenters. The summed E-state index contributed by atoms with van der Waals surface area (Å²) in [6.45, 7) is 3.49. The molecular weight excluding hydrogens is 478 g/mol. The summed E-state index contributed by atoms with van der Waals surface area (Å²) in [5, 5.41) is 17.7. The molecule has 36 heavy (non-hydrogen) atoms. The third-order valence-corrected chi connectivity index (χ3v) is 6.85. The third kappa shape index (κ3) is 4.31. The van der Waals surface area contributed by atoms with Crippen LogP contribution in [0, 0.1) is 11.8 Å². The zero-order valence-corrected chi connectivity index (χ0v) is 20.4. The number of benzene rings is 2. The number of hydrogen-bond donors (Lipinski definition) is 1. The zero-order chi connectivity index (χ0) is 25.2. The van der Waals surface area contributed by atoms with Crippen LogP contribution in [0.1, 0.15) is 31.3 Å². The number of aromatic amines is 1. The molecule has 2 aromatic heterocycles. The molecule has 1 aliphatic heterocycles. The average Bonchev–Trinajstić information content (AvgIpc) is 3.65. The van der Waals surface area contributed by atoms with Gasteiger partial charge in [0, 0.05) is 17.2 Å². The van der Waals surface area contributed by atoms with E-state index in [0.29, 0.717) is 22.8 Å². The van der Waals surface area contributed by atoms with E-state index in [1.54, 1.807) is 61.6 Å². The van der Waals surface area contributed by atoms with Crippen molar-refractivity contribution in [1.29, 1.82) is 0 Å². The van der Waals surface area contributed by atoms with Gasteiger partial charge in [-0.2, -0.15) is 16.6 Å². The molecule has 5 rings (SSSR count). The number of hydrogen-bond acceptors (Lipinski definition) is 8. The summed E-state index contributed by atoms with van der Waals surface area (Å²) in [6, 6.07) is 15.7. The van der Waals surface area contributed by atoms with E-state index in [1.165, 1.54) is 4.90 Å². The van der Waals surface area contributed by atoms with Crippen LogP contribution in [0.4, 0.5) is 5.69 Å². The maximum Gasteiger partial charge on any atom is 0.295 e. The average molecular weight is 502 g/mol. The summed E-state index contributed by atoms with van der Waals surface area (Å²) in [5.41, 5.74) is 3.15. The number of amides is 1. The fourth-order valence-corrected chi connectivity index (χ4v) is 5.06. The fraction of sp³-hybridized carbons (Fsp3) is 0.231. The number of carbonyl (C=O) groups is 3. The second-order valence-corrected chi connectivity index (χ2v) is 9.51. The lowest BCUT2D eigenvalue weighted by Gasteiger charge is -2.29. The standard InChI is InChI=1S/C26H23N5O4S/c1-15(2)24(32)22-23(19-5-3-4-6-20(19)35-13-21-27-29-30-28-21)31(26(34)25(22)33)18-9-7-16(8-10-18)17-11-12-36-14-17/h3-12,14-15,22-23H,13H2,1-2H3,(H,27,28,29,30). The Morgan fingerprint density at radius 1 is 1.08 bits per heavy atom. The number of tetrazole rings is 1. The predicted molar refractivity (Wildman–Crippen MR) is 133 cm³/mol. The second-order valence-electron chi connectivity index (χ2n) is 8.73. The predicted octanol–water partition coefficient (Wildman–Crippen LogP) is 4.01. The Bertz CT molecular complexity index is 1380. The first kappa shape index (κ1) is 23.6. The molecule has 0 aliphatic carbocycles. The van der Waals surface area contributed by atoms with Gasteiger partial charge in [-0.15, -0.1) is 10.2 Å². The molecule has 9 nitrogen and oxygen atoms in total. The third-order valence-electron chi connectivity index (χ3n) is 6.17. The first-order valence-corrected chi connectivity index (χ1v) is 12.4. The van der Waals surface area contributed by atoms with Crippen LogP contribution < -0.4 is 9.64 Å². The lowest BCUT2D eigenvalue weighted by Crippen LogP contribution is -2.32. The molecule has 1 amide bonds. The molecule has 0 radical (unpaired) electrons. The minimum absolute atomic E-state index is 0.0280. The maximum absolute atomic E-state index is 13.3. The van der Waals surface area contributed by atoms with Crippen LogP contribution in [0.5, 0.6) is 5.75 Å². The van der Waals surface area contributed by atoms with Crippen LogP contribution in [0.15, 0.2) is 65.4 Å². The molecule has 10 heteroatoms. The second kappa shape index (κ2) is 9.82. The van der Waals surface area contributed by atoms with E-state index in [1.807, 2.05) is 29.0 Å². The molecule has 0 saturated carbocycles. The van der Waals surface area contributed by atoms with Crippen molar-refractivity contribution in [2.75, 3.05) is 4.90 Å². The van der Waals surface area contributed by atoms with Crippen molar-refractivity contribution in [2.45, 2.75) is 26.5 Å². The molecule has 3 heterocycles. The van der Waals surface area contributed by atoms with Crippen molar-refractivity contribution in [3.8, 4) is 16.9 Å². The number of ether oxygens (including phenoxy) is 1. The van der Waals surface area contributed by atoms with Gasteiger partial charge in [0.15, 0.2) is 6.61 Å². The van der Waals surface area contributed by atoms with Crippen molar-refractivity contribution >= 4 is 34.5 Å². The van der Waals surface area contributed by atoms with Crippen LogP contribution in [-0.4, -0.2) is 38.1 Å². The molecule has 182 valence electrons. The van der Waals surface area contributed by atoms with E-state index in [-0.39, 0.29) is 12.4 Å². The smallest absolute Gasteiger partial charge is 0.295 e. The van der Waals surface area contributed by atoms with E-state index in [4.69, 9.17) is 4.74 Å². The highest BCUT2D eigenvalue weighted by atomic mass is 32.1. The maximum atomic E-state index is 13.3. The van der Waals surface area contributed by atoms with Crippen molar-refractivity contribution < 1.29 is 19.1 Å². The lowest BCUT2D eigenvalue weighted by molar-refractivity contribution is -0.139. The van der Waals surface area contributed by atoms with Crippen LogP contribution in [0.25, 0.3) is 11.1 Å². The molecule has 4 aromatic rings. The van der Waals surface area contributed by atoms with E-state index in [0.717, 1.165) is 11.1 Å². The Morgan fingerprint density at radius 3 is 2.53 bits per heavy atom. The van der Waals surface area contributed by atoms with Crippen LogP contribution in [-0.2, 0) is 21.0 Å². The highest BCUT2D eigenvalue weighted by molar-refractivity contribution is 7.08. The molecule has 1 N–H and O–H groups in total. The molecular formula is C26H23N5O4S. The minimum atomic E-state index is -1.15. The van der Waals surface area contributed by atoms with Gasteiger partial charge in [-0.3, -0.25) is 19.3 Å². The largest absolute Gasteiger partial charge is 0.485 e. The van der Waals surface area contributed by atoms with E-state index >= 15 is 0 Å². The van der Waals surface area contributed by atoms with Gasteiger partial charge in [0.1, 0.15) is 17.5 Å². The van der Waals surface area contributed by atoms with Crippen LogP contribution in [0.3, 0.4) is 0 Å². The van der Waals surface area contributed by atoms with Gasteiger partial charge in [-0.1, -0.05) is 49.4 Å². The minimum Gasteiger partial charge on any atom is -0.485 e. The molecule has 0 spiro atoms. The van der Waals surface area contributed by atoms with Gasteiger partial charge in [0.25, 0.3) is 5.91 Å². The van der Waals surface area contributed by atoms with Crippen LogP contribution in [0.2, 0.25) is 0 Å². The number of thiophene rings is 1.